The fourth-order valence-corrected chi connectivity index (χ4v) is 5.71. The Balaban J connectivity index is 1.30. The number of oxazole rings is 1. The van der Waals surface area contributed by atoms with Crippen LogP contribution >= 0.6 is 0 Å². The number of aromatic hydroxyl groups is 1. The Bertz CT molecular complexity index is 2390. The second-order valence-electron chi connectivity index (χ2n) is 12.2. The fourth-order valence-electron chi connectivity index (χ4n) is 5.71. The van der Waals surface area contributed by atoms with E-state index in [1.54, 1.807) is 16.8 Å². The van der Waals surface area contributed by atoms with E-state index in [-0.39, 0.29) is 11.2 Å². The van der Waals surface area contributed by atoms with Crippen molar-refractivity contribution in [2.75, 3.05) is 0 Å². The lowest BCUT2D eigenvalue weighted by Gasteiger charge is -2.21. The van der Waals surface area contributed by atoms with Crippen LogP contribution in [0.4, 0.5) is 0 Å². The predicted octanol–water partition coefficient (Wildman–Crippen LogP) is 8.48. The zero-order valence-electron chi connectivity index (χ0n) is 24.9. The van der Waals surface area contributed by atoms with Gasteiger partial charge in [-0.2, -0.15) is 0 Å². The lowest BCUT2D eigenvalue weighted by atomic mass is 9.85. The van der Waals surface area contributed by atoms with Gasteiger partial charge in [-0.15, -0.1) is 5.10 Å². The molecule has 0 saturated carbocycles. The van der Waals surface area contributed by atoms with E-state index in [1.165, 1.54) is 0 Å². The van der Waals surface area contributed by atoms with Crippen molar-refractivity contribution in [2.45, 2.75) is 26.2 Å². The van der Waals surface area contributed by atoms with Crippen LogP contribution in [0.2, 0.25) is 0 Å². The highest BCUT2D eigenvalue weighted by Gasteiger charge is 2.20. The summed E-state index contributed by atoms with van der Waals surface area (Å²) in [6.45, 7) is 6.60. The Kier molecular flexibility index (Phi) is 5.99. The molecule has 8 aromatic rings. The van der Waals surface area contributed by atoms with Gasteiger partial charge in [-0.05, 0) is 58.5 Å². The Morgan fingerprint density at radius 3 is 2.40 bits per heavy atom. The highest BCUT2D eigenvalue weighted by atomic mass is 16.4. The maximum Gasteiger partial charge on any atom is 0.327 e. The van der Waals surface area contributed by atoms with Crippen molar-refractivity contribution in [2.24, 2.45) is 0 Å². The van der Waals surface area contributed by atoms with Crippen LogP contribution in [-0.2, 0) is 5.41 Å². The van der Waals surface area contributed by atoms with E-state index < -0.39 is 0 Å². The van der Waals surface area contributed by atoms with Crippen molar-refractivity contribution in [3.8, 4) is 50.8 Å². The smallest absolute Gasteiger partial charge is 0.327 e. The molecule has 0 saturated heterocycles. The van der Waals surface area contributed by atoms with E-state index in [0.717, 1.165) is 55.8 Å². The van der Waals surface area contributed by atoms with Crippen LogP contribution in [0.25, 0.3) is 72.9 Å². The lowest BCUT2D eigenvalue weighted by Crippen LogP contribution is -2.12. The largest absolute Gasteiger partial charge is 0.507 e. The summed E-state index contributed by atoms with van der Waals surface area (Å²) < 4.78 is 7.47. The number of phenolic OH excluding ortho intramolecular Hbond substituents is 1. The van der Waals surface area contributed by atoms with E-state index in [1.807, 2.05) is 66.9 Å². The number of hydrogen-bond acceptors (Lipinski definition) is 7. The van der Waals surface area contributed by atoms with Crippen LogP contribution in [0.1, 0.15) is 26.3 Å². The molecular formula is C37H28N6O2. The molecule has 0 bridgehead atoms. The van der Waals surface area contributed by atoms with Gasteiger partial charge in [0.15, 0.2) is 5.58 Å². The highest BCUT2D eigenvalue weighted by Crippen LogP contribution is 2.37. The fraction of sp³-hybridized carbons (Fsp3) is 0.108. The van der Waals surface area contributed by atoms with Gasteiger partial charge in [0, 0.05) is 28.8 Å². The number of hydrogen-bond donors (Lipinski definition) is 1. The van der Waals surface area contributed by atoms with Crippen LogP contribution in [-0.4, -0.2) is 34.7 Å². The number of phenols is 1. The standard InChI is InChI=1S/C37H28N6O2/c1-37(2,3)25-17-29(40-31(18-25)30-16-24(14-15-38-30)22-8-5-4-6-9-22)26-11-7-10-23-12-13-28(41-35(23)26)27-19-32-34(20-33(27)44)45-36-42-39-21-43(32)36/h4-21,44H,1-3H3. The van der Waals surface area contributed by atoms with Crippen LogP contribution in [0, 0.1) is 0 Å². The molecule has 0 amide bonds. The maximum absolute atomic E-state index is 11.0. The highest BCUT2D eigenvalue weighted by molar-refractivity contribution is 5.95. The molecule has 0 spiro atoms. The minimum atomic E-state index is -0.133. The first-order chi connectivity index (χ1) is 21.8. The van der Waals surface area contributed by atoms with Gasteiger partial charge in [-0.25, -0.2) is 14.4 Å². The van der Waals surface area contributed by atoms with Crippen molar-refractivity contribution in [3.63, 3.8) is 0 Å². The first kappa shape index (κ1) is 26.7. The van der Waals surface area contributed by atoms with Crippen molar-refractivity contribution in [3.05, 3.63) is 115 Å². The molecule has 1 N–H and O–H groups in total. The average molecular weight is 589 g/mol. The molecule has 218 valence electrons. The SMILES string of the molecule is CC(C)(C)c1cc(-c2cc(-c3ccccc3)ccn2)nc(-c2cccc3ccc(-c4cc5c(cc4O)oc4nncn45)nc23)c1. The molecule has 3 aromatic carbocycles. The number of nitrogens with zero attached hydrogens (tertiary/aromatic N) is 6. The van der Waals surface area contributed by atoms with E-state index >= 15 is 0 Å². The monoisotopic (exact) mass is 588 g/mol. The predicted molar refractivity (Wildman–Crippen MR) is 176 cm³/mol. The molecule has 0 aliphatic rings. The van der Waals surface area contributed by atoms with Gasteiger partial charge < -0.3 is 9.52 Å². The minimum Gasteiger partial charge on any atom is -0.507 e. The van der Waals surface area contributed by atoms with Crippen molar-refractivity contribution in [1.82, 2.24) is 29.5 Å². The van der Waals surface area contributed by atoms with E-state index in [4.69, 9.17) is 19.4 Å². The van der Waals surface area contributed by atoms with Crippen LogP contribution < -0.4 is 0 Å². The number of pyridine rings is 3. The Morgan fingerprint density at radius 1 is 0.711 bits per heavy atom. The summed E-state index contributed by atoms with van der Waals surface area (Å²) >= 11 is 0. The molecule has 0 fully saturated rings. The molecule has 45 heavy (non-hydrogen) atoms. The Morgan fingerprint density at radius 2 is 1.56 bits per heavy atom. The van der Waals surface area contributed by atoms with Gasteiger partial charge >= 0.3 is 5.84 Å². The van der Waals surface area contributed by atoms with Crippen molar-refractivity contribution >= 4 is 27.8 Å². The lowest BCUT2D eigenvalue weighted by molar-refractivity contribution is 0.476. The zero-order chi connectivity index (χ0) is 30.7. The summed E-state index contributed by atoms with van der Waals surface area (Å²) in [4.78, 5) is 15.0. The molecule has 0 atom stereocenters. The molecular weight excluding hydrogens is 560 g/mol. The summed E-state index contributed by atoms with van der Waals surface area (Å²) in [6, 6.07) is 32.2. The molecule has 5 aromatic heterocycles. The first-order valence-electron chi connectivity index (χ1n) is 14.7. The minimum absolute atomic E-state index is 0.0660. The summed E-state index contributed by atoms with van der Waals surface area (Å²) in [6.07, 6.45) is 3.43. The van der Waals surface area contributed by atoms with Gasteiger partial charge in [-0.3, -0.25) is 4.98 Å². The summed E-state index contributed by atoms with van der Waals surface area (Å²) in [5.74, 6) is 0.427. The number of aromatic nitrogens is 6. The van der Waals surface area contributed by atoms with Crippen molar-refractivity contribution in [1.29, 1.82) is 0 Å². The molecule has 8 heteroatoms. The molecule has 8 nitrogen and oxygen atoms in total. The normalized spacial score (nSPS) is 12.0. The quantitative estimate of drug-likeness (QED) is 0.220. The summed E-state index contributed by atoms with van der Waals surface area (Å²) in [5, 5.41) is 19.9. The maximum atomic E-state index is 11.0. The number of rotatable bonds is 4. The molecule has 5 heterocycles. The number of benzene rings is 3. The van der Waals surface area contributed by atoms with Crippen LogP contribution in [0.3, 0.4) is 0 Å². The van der Waals surface area contributed by atoms with Gasteiger partial charge in [0.1, 0.15) is 12.1 Å². The topological polar surface area (TPSA) is 102 Å². The average Bonchev–Trinajstić information content (AvgIpc) is 3.65. The van der Waals surface area contributed by atoms with E-state index in [2.05, 4.69) is 61.3 Å². The summed E-state index contributed by atoms with van der Waals surface area (Å²) in [5.41, 5.74) is 9.76. The third-order valence-electron chi connectivity index (χ3n) is 8.15. The molecule has 0 aliphatic heterocycles. The van der Waals surface area contributed by atoms with Crippen LogP contribution in [0.5, 0.6) is 5.75 Å². The van der Waals surface area contributed by atoms with E-state index in [9.17, 15) is 5.11 Å². The third-order valence-corrected chi connectivity index (χ3v) is 8.15. The number of para-hydroxylation sites is 1. The third kappa shape index (κ3) is 4.67. The molecule has 0 unspecified atom stereocenters. The van der Waals surface area contributed by atoms with Crippen LogP contribution in [0.15, 0.2) is 114 Å². The molecule has 0 aliphatic carbocycles. The number of fused-ring (bicyclic) bond motifs is 4. The van der Waals surface area contributed by atoms with Gasteiger partial charge in [-0.1, -0.05) is 80.5 Å². The van der Waals surface area contributed by atoms with E-state index in [0.29, 0.717) is 22.7 Å². The summed E-state index contributed by atoms with van der Waals surface area (Å²) in [7, 11) is 0. The molecule has 8 rings (SSSR count). The Hall–Kier alpha value is -5.89. The van der Waals surface area contributed by atoms with Gasteiger partial charge in [0.25, 0.3) is 0 Å². The van der Waals surface area contributed by atoms with Gasteiger partial charge in [0.05, 0.1) is 33.8 Å². The Labute approximate surface area is 258 Å². The molecule has 0 radical (unpaired) electrons. The zero-order valence-corrected chi connectivity index (χ0v) is 24.9. The second kappa shape index (κ2) is 10.1. The first-order valence-corrected chi connectivity index (χ1v) is 14.7. The van der Waals surface area contributed by atoms with Gasteiger partial charge in [0.2, 0.25) is 0 Å². The second-order valence-corrected chi connectivity index (χ2v) is 12.2. The van der Waals surface area contributed by atoms with Crippen molar-refractivity contribution < 1.29 is 9.52 Å².